The number of methoxy groups -OCH3 is 1. The van der Waals surface area contributed by atoms with Crippen molar-refractivity contribution in [2.75, 3.05) is 7.11 Å². The Morgan fingerprint density at radius 2 is 2.12 bits per heavy atom. The molecule has 0 atom stereocenters. The van der Waals surface area contributed by atoms with Crippen LogP contribution < -0.4 is 10.2 Å². The smallest absolute Gasteiger partial charge is 0.120 e. The molecule has 2 N–H and O–H groups in total. The third-order valence-electron chi connectivity index (χ3n) is 3.10. The zero-order chi connectivity index (χ0) is 12.1. The molecule has 0 aliphatic heterocycles. The number of benzene rings is 1. The first kappa shape index (κ1) is 12.2. The third-order valence-corrected chi connectivity index (χ3v) is 3.10. The summed E-state index contributed by atoms with van der Waals surface area (Å²) in [5.41, 5.74) is 3.70. The SMILES string of the molecule is COc1ccc(O)c(CNOC2CCCC2)c1. The Bertz CT molecular complexity index is 362. The fraction of sp³-hybridized carbons (Fsp3) is 0.538. The van der Waals surface area contributed by atoms with E-state index in [1.165, 1.54) is 12.8 Å². The topological polar surface area (TPSA) is 50.7 Å². The highest BCUT2D eigenvalue weighted by Gasteiger charge is 2.15. The zero-order valence-electron chi connectivity index (χ0n) is 10.1. The lowest BCUT2D eigenvalue weighted by atomic mass is 10.2. The second-order valence-corrected chi connectivity index (χ2v) is 4.34. The minimum Gasteiger partial charge on any atom is -0.508 e. The molecule has 1 saturated carbocycles. The van der Waals surface area contributed by atoms with Gasteiger partial charge in [0.05, 0.1) is 13.2 Å². The van der Waals surface area contributed by atoms with Crippen LogP contribution in [0.4, 0.5) is 0 Å². The van der Waals surface area contributed by atoms with Gasteiger partial charge in [0.15, 0.2) is 0 Å². The van der Waals surface area contributed by atoms with Crippen LogP contribution in [0.1, 0.15) is 31.2 Å². The summed E-state index contributed by atoms with van der Waals surface area (Å²) >= 11 is 0. The lowest BCUT2D eigenvalue weighted by Gasteiger charge is -2.12. The van der Waals surface area contributed by atoms with E-state index in [4.69, 9.17) is 9.57 Å². The molecule has 2 rings (SSSR count). The molecule has 94 valence electrons. The summed E-state index contributed by atoms with van der Waals surface area (Å²) in [6.45, 7) is 0.486. The quantitative estimate of drug-likeness (QED) is 0.772. The predicted octanol–water partition coefficient (Wildman–Crippen LogP) is 2.36. The normalized spacial score (nSPS) is 16.3. The highest BCUT2D eigenvalue weighted by molar-refractivity contribution is 5.39. The summed E-state index contributed by atoms with van der Waals surface area (Å²) in [6.07, 6.45) is 5.06. The van der Waals surface area contributed by atoms with Gasteiger partial charge in [0.25, 0.3) is 0 Å². The van der Waals surface area contributed by atoms with E-state index in [9.17, 15) is 5.11 Å². The van der Waals surface area contributed by atoms with Gasteiger partial charge in [0, 0.05) is 12.1 Å². The summed E-state index contributed by atoms with van der Waals surface area (Å²) in [5, 5.41) is 9.67. The molecule has 1 fully saturated rings. The fourth-order valence-electron chi connectivity index (χ4n) is 2.07. The van der Waals surface area contributed by atoms with Gasteiger partial charge in [0.2, 0.25) is 0 Å². The molecule has 0 bridgehead atoms. The molecule has 0 amide bonds. The minimum absolute atomic E-state index is 0.258. The van der Waals surface area contributed by atoms with Crippen molar-refractivity contribution in [1.82, 2.24) is 5.48 Å². The van der Waals surface area contributed by atoms with E-state index in [0.717, 1.165) is 24.2 Å². The van der Waals surface area contributed by atoms with E-state index in [-0.39, 0.29) is 5.75 Å². The van der Waals surface area contributed by atoms with Gasteiger partial charge < -0.3 is 9.84 Å². The van der Waals surface area contributed by atoms with Crippen LogP contribution in [0.3, 0.4) is 0 Å². The summed E-state index contributed by atoms with van der Waals surface area (Å²) in [6, 6.07) is 5.17. The Hall–Kier alpha value is -1.26. The molecular formula is C13H19NO3. The van der Waals surface area contributed by atoms with E-state index in [1.807, 2.05) is 0 Å². The van der Waals surface area contributed by atoms with Crippen LogP contribution in [0, 0.1) is 0 Å². The largest absolute Gasteiger partial charge is 0.508 e. The van der Waals surface area contributed by atoms with Gasteiger partial charge in [-0.2, -0.15) is 5.48 Å². The van der Waals surface area contributed by atoms with Crippen LogP contribution in [-0.4, -0.2) is 18.3 Å². The number of hydroxylamine groups is 1. The molecule has 1 aromatic carbocycles. The standard InChI is InChI=1S/C13H19NO3/c1-16-12-6-7-13(15)10(8-12)9-14-17-11-4-2-3-5-11/h6-8,11,14-15H,2-5,9H2,1H3. The molecule has 4 heteroatoms. The maximum absolute atomic E-state index is 9.67. The first-order chi connectivity index (χ1) is 8.29. The molecular weight excluding hydrogens is 218 g/mol. The second-order valence-electron chi connectivity index (χ2n) is 4.34. The molecule has 0 spiro atoms. The lowest BCUT2D eigenvalue weighted by Crippen LogP contribution is -2.21. The maximum atomic E-state index is 9.67. The van der Waals surface area contributed by atoms with Crippen molar-refractivity contribution in [1.29, 1.82) is 0 Å². The third kappa shape index (κ3) is 3.35. The van der Waals surface area contributed by atoms with E-state index in [0.29, 0.717) is 12.6 Å². The molecule has 1 aromatic rings. The van der Waals surface area contributed by atoms with E-state index in [2.05, 4.69) is 5.48 Å². The number of aromatic hydroxyl groups is 1. The molecule has 1 aliphatic rings. The van der Waals surface area contributed by atoms with Crippen LogP contribution in [0.25, 0.3) is 0 Å². The van der Waals surface area contributed by atoms with Crippen LogP contribution in [0.15, 0.2) is 18.2 Å². The van der Waals surface area contributed by atoms with Crippen LogP contribution in [-0.2, 0) is 11.4 Å². The number of rotatable bonds is 5. The summed E-state index contributed by atoms with van der Waals surface area (Å²) in [5.74, 6) is 0.994. The van der Waals surface area contributed by atoms with Crippen LogP contribution in [0.5, 0.6) is 11.5 Å². The van der Waals surface area contributed by atoms with Gasteiger partial charge in [-0.3, -0.25) is 4.84 Å². The molecule has 0 aromatic heterocycles. The maximum Gasteiger partial charge on any atom is 0.120 e. The number of phenolic OH excluding ortho intramolecular Hbond substituents is 1. The monoisotopic (exact) mass is 237 g/mol. The van der Waals surface area contributed by atoms with Gasteiger partial charge >= 0.3 is 0 Å². The van der Waals surface area contributed by atoms with Crippen molar-refractivity contribution in [3.05, 3.63) is 23.8 Å². The number of ether oxygens (including phenoxy) is 1. The number of hydrogen-bond donors (Lipinski definition) is 2. The van der Waals surface area contributed by atoms with Crippen molar-refractivity contribution >= 4 is 0 Å². The highest BCUT2D eigenvalue weighted by atomic mass is 16.7. The van der Waals surface area contributed by atoms with Gasteiger partial charge in [-0.15, -0.1) is 0 Å². The highest BCUT2D eigenvalue weighted by Crippen LogP contribution is 2.23. The number of nitrogens with one attached hydrogen (secondary N) is 1. The van der Waals surface area contributed by atoms with E-state index < -0.39 is 0 Å². The average Bonchev–Trinajstić information content (AvgIpc) is 2.84. The second kappa shape index (κ2) is 5.89. The van der Waals surface area contributed by atoms with Crippen molar-refractivity contribution in [2.24, 2.45) is 0 Å². The molecule has 0 saturated heterocycles. The Balaban J connectivity index is 1.84. The average molecular weight is 237 g/mol. The summed E-state index contributed by atoms with van der Waals surface area (Å²) in [4.78, 5) is 5.53. The Labute approximate surface area is 102 Å². The zero-order valence-corrected chi connectivity index (χ0v) is 10.1. The first-order valence-corrected chi connectivity index (χ1v) is 6.04. The van der Waals surface area contributed by atoms with Gasteiger partial charge in [-0.25, -0.2) is 0 Å². The van der Waals surface area contributed by atoms with Crippen molar-refractivity contribution in [3.8, 4) is 11.5 Å². The Morgan fingerprint density at radius 1 is 1.35 bits per heavy atom. The first-order valence-electron chi connectivity index (χ1n) is 6.04. The van der Waals surface area contributed by atoms with Gasteiger partial charge in [0.1, 0.15) is 11.5 Å². The number of phenols is 1. The molecule has 4 nitrogen and oxygen atoms in total. The van der Waals surface area contributed by atoms with Crippen LogP contribution >= 0.6 is 0 Å². The molecule has 0 heterocycles. The predicted molar refractivity (Wildman–Crippen MR) is 64.8 cm³/mol. The number of hydrogen-bond acceptors (Lipinski definition) is 4. The molecule has 17 heavy (non-hydrogen) atoms. The minimum atomic E-state index is 0.258. The van der Waals surface area contributed by atoms with Crippen molar-refractivity contribution < 1.29 is 14.7 Å². The van der Waals surface area contributed by atoms with Crippen molar-refractivity contribution in [2.45, 2.75) is 38.3 Å². The summed E-state index contributed by atoms with van der Waals surface area (Å²) in [7, 11) is 1.61. The van der Waals surface area contributed by atoms with Gasteiger partial charge in [-0.1, -0.05) is 12.8 Å². The van der Waals surface area contributed by atoms with E-state index in [1.54, 1.807) is 25.3 Å². The van der Waals surface area contributed by atoms with Crippen molar-refractivity contribution in [3.63, 3.8) is 0 Å². The molecule has 1 aliphatic carbocycles. The molecule has 0 unspecified atom stereocenters. The Kier molecular flexibility index (Phi) is 4.23. The van der Waals surface area contributed by atoms with Crippen LogP contribution in [0.2, 0.25) is 0 Å². The Morgan fingerprint density at radius 3 is 2.82 bits per heavy atom. The lowest BCUT2D eigenvalue weighted by molar-refractivity contribution is -0.0246. The summed E-state index contributed by atoms with van der Waals surface area (Å²) < 4.78 is 5.11. The fourth-order valence-corrected chi connectivity index (χ4v) is 2.07. The van der Waals surface area contributed by atoms with E-state index >= 15 is 0 Å². The van der Waals surface area contributed by atoms with Gasteiger partial charge in [-0.05, 0) is 31.0 Å². The molecule has 0 radical (unpaired) electrons.